The third kappa shape index (κ3) is 1.38. The highest BCUT2D eigenvalue weighted by atomic mass is 16.5. The van der Waals surface area contributed by atoms with Crippen molar-refractivity contribution in [1.82, 2.24) is 4.90 Å². The third-order valence-electron chi connectivity index (χ3n) is 7.50. The quantitative estimate of drug-likeness (QED) is 0.820. The van der Waals surface area contributed by atoms with Crippen LogP contribution in [0.5, 0.6) is 11.5 Å². The number of likely N-dealkylation sites (tertiary alicyclic amines) is 1. The minimum atomic E-state index is -0.958. The number of fused-ring (bicyclic) bond motifs is 3. The molecule has 2 bridgehead atoms. The van der Waals surface area contributed by atoms with Gasteiger partial charge in [0.05, 0.1) is 19.8 Å². The maximum atomic E-state index is 12.9. The Morgan fingerprint density at radius 1 is 1.24 bits per heavy atom. The number of methoxy groups -OCH3 is 2. The van der Waals surface area contributed by atoms with Crippen molar-refractivity contribution in [3.63, 3.8) is 0 Å². The summed E-state index contributed by atoms with van der Waals surface area (Å²) < 4.78 is 17.2. The summed E-state index contributed by atoms with van der Waals surface area (Å²) >= 11 is 0. The van der Waals surface area contributed by atoms with E-state index in [9.17, 15) is 4.79 Å². The Kier molecular flexibility index (Phi) is 2.77. The number of ether oxygens (including phenoxy) is 3. The number of benzene rings is 1. The molecule has 0 radical (unpaired) electrons. The fraction of sp³-hybridized carbons (Fsp3) is 0.632. The Bertz CT molecular complexity index is 796. The smallest absolute Gasteiger partial charge is 0.328 e. The first-order valence-electron chi connectivity index (χ1n) is 8.92. The van der Waals surface area contributed by atoms with E-state index in [1.165, 1.54) is 0 Å². The van der Waals surface area contributed by atoms with E-state index >= 15 is 0 Å². The van der Waals surface area contributed by atoms with Crippen LogP contribution in [-0.4, -0.2) is 49.8 Å². The lowest BCUT2D eigenvalue weighted by atomic mass is 9.55. The van der Waals surface area contributed by atoms with Crippen LogP contribution in [0.2, 0.25) is 0 Å². The van der Waals surface area contributed by atoms with Gasteiger partial charge in [-0.2, -0.15) is 0 Å². The Morgan fingerprint density at radius 3 is 2.76 bits per heavy atom. The molecule has 134 valence electrons. The summed E-state index contributed by atoms with van der Waals surface area (Å²) in [6, 6.07) is 3.94. The minimum absolute atomic E-state index is 0.193. The number of carbonyl (C=O) groups excluding carboxylic acids is 1. The van der Waals surface area contributed by atoms with Gasteiger partial charge < -0.3 is 19.9 Å². The fourth-order valence-electron chi connectivity index (χ4n) is 6.52. The van der Waals surface area contributed by atoms with E-state index in [1.807, 2.05) is 12.1 Å². The first-order chi connectivity index (χ1) is 11.9. The molecule has 2 heterocycles. The van der Waals surface area contributed by atoms with Gasteiger partial charge in [-0.05, 0) is 38.9 Å². The highest BCUT2D eigenvalue weighted by Crippen LogP contribution is 2.71. The second-order valence-corrected chi connectivity index (χ2v) is 7.95. The molecule has 0 amide bonds. The van der Waals surface area contributed by atoms with E-state index < -0.39 is 11.1 Å². The van der Waals surface area contributed by atoms with Gasteiger partial charge in [0.2, 0.25) is 0 Å². The Balaban J connectivity index is 1.89. The molecule has 0 aromatic heterocycles. The summed E-state index contributed by atoms with van der Waals surface area (Å²) in [5, 5.41) is 0. The average Bonchev–Trinajstić information content (AvgIpc) is 3.08. The van der Waals surface area contributed by atoms with Gasteiger partial charge in [0.25, 0.3) is 0 Å². The molecule has 5 rings (SSSR count). The second-order valence-electron chi connectivity index (χ2n) is 7.95. The van der Waals surface area contributed by atoms with Crippen LogP contribution in [0.25, 0.3) is 0 Å². The largest absolute Gasteiger partial charge is 0.493 e. The molecule has 6 heteroatoms. The van der Waals surface area contributed by atoms with Crippen LogP contribution in [0.3, 0.4) is 0 Å². The molecule has 1 saturated carbocycles. The van der Waals surface area contributed by atoms with Crippen LogP contribution in [-0.2, 0) is 14.9 Å². The van der Waals surface area contributed by atoms with Crippen LogP contribution in [0.15, 0.2) is 12.1 Å². The normalized spacial score (nSPS) is 41.1. The molecular weight excluding hydrogens is 320 g/mol. The zero-order valence-electron chi connectivity index (χ0n) is 14.9. The number of likely N-dealkylation sites (N-methyl/N-ethyl adjacent to an activating group) is 1. The van der Waals surface area contributed by atoms with Crippen LogP contribution >= 0.6 is 0 Å². The molecule has 3 fully saturated rings. The summed E-state index contributed by atoms with van der Waals surface area (Å²) in [5.41, 5.74) is 7.43. The maximum absolute atomic E-state index is 12.9. The summed E-state index contributed by atoms with van der Waals surface area (Å²) in [4.78, 5) is 15.2. The van der Waals surface area contributed by atoms with E-state index in [2.05, 4.69) is 11.9 Å². The Hall–Kier alpha value is -1.79. The second kappa shape index (κ2) is 4.48. The van der Waals surface area contributed by atoms with Crippen molar-refractivity contribution in [3.05, 3.63) is 23.3 Å². The Morgan fingerprint density at radius 2 is 2.04 bits per heavy atom. The van der Waals surface area contributed by atoms with Crippen molar-refractivity contribution in [3.8, 4) is 11.5 Å². The molecule has 4 aliphatic rings. The summed E-state index contributed by atoms with van der Waals surface area (Å²) in [5.74, 6) is 1.24. The molecule has 2 aliphatic heterocycles. The molecule has 4 unspecified atom stereocenters. The Labute approximate surface area is 147 Å². The van der Waals surface area contributed by atoms with Gasteiger partial charge in [-0.1, -0.05) is 6.07 Å². The molecule has 1 aromatic carbocycles. The van der Waals surface area contributed by atoms with E-state index in [0.717, 1.165) is 48.4 Å². The number of nitrogens with two attached hydrogens (primary N) is 1. The van der Waals surface area contributed by atoms with Crippen LogP contribution in [0.1, 0.15) is 42.9 Å². The number of rotatable bonds is 2. The van der Waals surface area contributed by atoms with Crippen LogP contribution < -0.4 is 15.2 Å². The van der Waals surface area contributed by atoms with Crippen molar-refractivity contribution in [2.45, 2.75) is 48.3 Å². The number of hydrogen-bond acceptors (Lipinski definition) is 6. The van der Waals surface area contributed by atoms with E-state index in [0.29, 0.717) is 6.42 Å². The van der Waals surface area contributed by atoms with E-state index in [1.54, 1.807) is 14.2 Å². The SMILES string of the molecule is COc1ccc2c(c1OC)C13CCN(C)C14CC2OC(=O)C4(N)CC3. The van der Waals surface area contributed by atoms with Gasteiger partial charge in [0.1, 0.15) is 11.6 Å². The molecule has 25 heavy (non-hydrogen) atoms. The lowest BCUT2D eigenvalue weighted by Gasteiger charge is -2.58. The zero-order valence-corrected chi connectivity index (χ0v) is 14.9. The van der Waals surface area contributed by atoms with Gasteiger partial charge in [0, 0.05) is 23.0 Å². The first kappa shape index (κ1) is 15.5. The van der Waals surface area contributed by atoms with Crippen molar-refractivity contribution in [2.24, 2.45) is 5.73 Å². The van der Waals surface area contributed by atoms with Gasteiger partial charge in [-0.25, -0.2) is 4.79 Å². The number of nitrogens with zero attached hydrogens (tertiary/aromatic N) is 1. The highest BCUT2D eigenvalue weighted by molar-refractivity contribution is 5.87. The number of esters is 1. The monoisotopic (exact) mass is 344 g/mol. The molecule has 6 nitrogen and oxygen atoms in total. The lowest BCUT2D eigenvalue weighted by Crippen LogP contribution is -2.75. The molecule has 2 N–H and O–H groups in total. The van der Waals surface area contributed by atoms with Gasteiger partial charge in [-0.3, -0.25) is 4.90 Å². The molecule has 2 saturated heterocycles. The van der Waals surface area contributed by atoms with Crippen molar-refractivity contribution in [2.75, 3.05) is 27.8 Å². The first-order valence-corrected chi connectivity index (χ1v) is 8.92. The third-order valence-corrected chi connectivity index (χ3v) is 7.50. The predicted molar refractivity (Wildman–Crippen MR) is 90.8 cm³/mol. The topological polar surface area (TPSA) is 74.0 Å². The van der Waals surface area contributed by atoms with E-state index in [-0.39, 0.29) is 17.5 Å². The molecule has 4 atom stereocenters. The van der Waals surface area contributed by atoms with Gasteiger partial charge in [-0.15, -0.1) is 0 Å². The molecular formula is C19H24N2O4. The molecule has 2 aliphatic carbocycles. The fourth-order valence-corrected chi connectivity index (χ4v) is 6.52. The van der Waals surface area contributed by atoms with Crippen molar-refractivity contribution in [1.29, 1.82) is 0 Å². The zero-order chi connectivity index (χ0) is 17.6. The van der Waals surface area contributed by atoms with Gasteiger partial charge >= 0.3 is 5.97 Å². The number of hydrogen-bond donors (Lipinski definition) is 1. The highest BCUT2D eigenvalue weighted by Gasteiger charge is 2.79. The average molecular weight is 344 g/mol. The predicted octanol–water partition coefficient (Wildman–Crippen LogP) is 1.51. The van der Waals surface area contributed by atoms with E-state index in [4.69, 9.17) is 19.9 Å². The standard InChI is InChI=1S/C19H24N2O4/c1-21-9-8-17-6-7-18(20)16(22)25-13(10-19(17,18)21)11-4-5-12(23-2)15(24-3)14(11)17/h4-5,13H,6-10,20H2,1-3H3. The van der Waals surface area contributed by atoms with Crippen LogP contribution in [0, 0.1) is 0 Å². The molecule has 1 spiro atoms. The van der Waals surface area contributed by atoms with Gasteiger partial charge in [0.15, 0.2) is 11.5 Å². The van der Waals surface area contributed by atoms with Crippen molar-refractivity contribution < 1.29 is 19.0 Å². The summed E-state index contributed by atoms with van der Waals surface area (Å²) in [7, 11) is 5.44. The lowest BCUT2D eigenvalue weighted by molar-refractivity contribution is -0.179. The summed E-state index contributed by atoms with van der Waals surface area (Å²) in [6.07, 6.45) is 2.97. The minimum Gasteiger partial charge on any atom is -0.493 e. The van der Waals surface area contributed by atoms with Crippen LogP contribution in [0.4, 0.5) is 0 Å². The van der Waals surface area contributed by atoms with Crippen molar-refractivity contribution >= 4 is 5.97 Å². The summed E-state index contributed by atoms with van der Waals surface area (Å²) in [6.45, 7) is 0.915. The maximum Gasteiger partial charge on any atom is 0.328 e. The molecule has 1 aromatic rings. The number of carbonyl (C=O) groups is 1.